The van der Waals surface area contributed by atoms with Gasteiger partial charge in [0.15, 0.2) is 0 Å². The van der Waals surface area contributed by atoms with Crippen molar-refractivity contribution < 1.29 is 4.84 Å². The summed E-state index contributed by atoms with van der Waals surface area (Å²) in [6.45, 7) is 3.45. The van der Waals surface area contributed by atoms with Crippen LogP contribution in [-0.2, 0) is 4.84 Å². The predicted octanol–water partition coefficient (Wildman–Crippen LogP) is 0.647. The number of aliphatic imine (C=N–C) groups is 1. The van der Waals surface area contributed by atoms with Crippen LogP contribution in [-0.4, -0.2) is 13.3 Å². The Bertz CT molecular complexity index is 138. The number of hydrogen-bond acceptors (Lipinski definition) is 3. The molecule has 0 spiro atoms. The van der Waals surface area contributed by atoms with Crippen molar-refractivity contribution in [2.24, 2.45) is 10.9 Å². The molecule has 0 saturated heterocycles. The second kappa shape index (κ2) is 5.05. The lowest BCUT2D eigenvalue weighted by Crippen LogP contribution is -1.96. The Kier molecular flexibility index (Phi) is 4.44. The number of nitrogens with two attached hydrogens (primary N) is 1. The van der Waals surface area contributed by atoms with Crippen LogP contribution in [0.15, 0.2) is 29.5 Å². The molecule has 0 aromatic rings. The predicted molar refractivity (Wildman–Crippen MR) is 38.0 cm³/mol. The standard InChI is InChI=1S/C6H10N2O/c1-3-6(9-7)4-5-8-2/h3-5H,1,7H2,2H3/b6-4+,8-5?. The fourth-order valence-electron chi connectivity index (χ4n) is 0.303. The second-order valence-electron chi connectivity index (χ2n) is 1.30. The summed E-state index contributed by atoms with van der Waals surface area (Å²) < 4.78 is 0. The maximum atomic E-state index is 4.82. The van der Waals surface area contributed by atoms with Crippen molar-refractivity contribution in [2.45, 2.75) is 0 Å². The molecule has 0 heterocycles. The molecule has 0 saturated carbocycles. The van der Waals surface area contributed by atoms with E-state index in [1.807, 2.05) is 0 Å². The summed E-state index contributed by atoms with van der Waals surface area (Å²) in [5.41, 5.74) is 0. The molecule has 3 nitrogen and oxygen atoms in total. The third-order valence-electron chi connectivity index (χ3n) is 0.725. The van der Waals surface area contributed by atoms with Gasteiger partial charge in [0, 0.05) is 19.3 Å². The van der Waals surface area contributed by atoms with Crippen molar-refractivity contribution in [3.8, 4) is 0 Å². The van der Waals surface area contributed by atoms with Crippen LogP contribution in [0, 0.1) is 0 Å². The molecule has 2 N–H and O–H groups in total. The molecule has 0 aliphatic rings. The van der Waals surface area contributed by atoms with E-state index in [0.29, 0.717) is 5.76 Å². The van der Waals surface area contributed by atoms with Gasteiger partial charge in [-0.05, 0) is 6.08 Å². The molecule has 0 fully saturated rings. The molecule has 0 radical (unpaired) electrons. The van der Waals surface area contributed by atoms with Gasteiger partial charge in [-0.3, -0.25) is 4.99 Å². The number of hydrogen-bond donors (Lipinski definition) is 1. The van der Waals surface area contributed by atoms with Crippen molar-refractivity contribution in [2.75, 3.05) is 7.05 Å². The van der Waals surface area contributed by atoms with Crippen molar-refractivity contribution in [3.63, 3.8) is 0 Å². The largest absolute Gasteiger partial charge is 0.411 e. The van der Waals surface area contributed by atoms with Crippen LogP contribution in [0.4, 0.5) is 0 Å². The zero-order chi connectivity index (χ0) is 7.11. The Hall–Kier alpha value is -1.09. The van der Waals surface area contributed by atoms with Gasteiger partial charge < -0.3 is 4.84 Å². The zero-order valence-corrected chi connectivity index (χ0v) is 5.37. The van der Waals surface area contributed by atoms with Gasteiger partial charge in [-0.25, -0.2) is 0 Å². The highest BCUT2D eigenvalue weighted by Gasteiger charge is 1.81. The Balaban J connectivity index is 3.90. The Morgan fingerprint density at radius 2 is 2.44 bits per heavy atom. The van der Waals surface area contributed by atoms with E-state index in [0.717, 1.165) is 0 Å². The second-order valence-corrected chi connectivity index (χ2v) is 1.30. The van der Waals surface area contributed by atoms with Gasteiger partial charge in [-0.2, -0.15) is 5.90 Å². The van der Waals surface area contributed by atoms with Gasteiger partial charge in [-0.15, -0.1) is 0 Å². The fraction of sp³-hybridized carbons (Fsp3) is 0.167. The summed E-state index contributed by atoms with van der Waals surface area (Å²) in [6.07, 6.45) is 4.69. The number of allylic oxidation sites excluding steroid dienone is 2. The third kappa shape index (κ3) is 3.49. The molecule has 0 unspecified atom stereocenters. The Morgan fingerprint density at radius 1 is 1.78 bits per heavy atom. The molecular weight excluding hydrogens is 116 g/mol. The molecule has 0 atom stereocenters. The molecular formula is C6H10N2O. The first-order chi connectivity index (χ1) is 4.35. The Morgan fingerprint density at radius 3 is 2.78 bits per heavy atom. The molecule has 0 aromatic heterocycles. The first-order valence-corrected chi connectivity index (χ1v) is 2.46. The lowest BCUT2D eigenvalue weighted by Gasteiger charge is -1.92. The normalized spacial score (nSPS) is 12.0. The van der Waals surface area contributed by atoms with Gasteiger partial charge >= 0.3 is 0 Å². The number of rotatable bonds is 3. The van der Waals surface area contributed by atoms with E-state index >= 15 is 0 Å². The molecule has 50 valence electrons. The minimum Gasteiger partial charge on any atom is -0.411 e. The lowest BCUT2D eigenvalue weighted by atomic mass is 10.4. The van der Waals surface area contributed by atoms with Gasteiger partial charge in [0.2, 0.25) is 0 Å². The van der Waals surface area contributed by atoms with Crippen LogP contribution in [0.5, 0.6) is 0 Å². The minimum absolute atomic E-state index is 0.501. The highest BCUT2D eigenvalue weighted by atomic mass is 16.6. The third-order valence-corrected chi connectivity index (χ3v) is 0.725. The van der Waals surface area contributed by atoms with Gasteiger partial charge in [0.25, 0.3) is 0 Å². The summed E-state index contributed by atoms with van der Waals surface area (Å²) in [6, 6.07) is 0. The van der Waals surface area contributed by atoms with Gasteiger partial charge in [0.05, 0.1) is 0 Å². The molecule has 0 aliphatic heterocycles. The van der Waals surface area contributed by atoms with Crippen LogP contribution in [0.1, 0.15) is 0 Å². The van der Waals surface area contributed by atoms with Gasteiger partial charge in [0.1, 0.15) is 5.76 Å². The molecule has 0 amide bonds. The van der Waals surface area contributed by atoms with Crippen molar-refractivity contribution in [1.82, 2.24) is 0 Å². The molecule has 0 aliphatic carbocycles. The molecule has 0 rings (SSSR count). The summed E-state index contributed by atoms with van der Waals surface area (Å²) >= 11 is 0. The minimum atomic E-state index is 0.501. The topological polar surface area (TPSA) is 47.6 Å². The van der Waals surface area contributed by atoms with Crippen LogP contribution in [0.3, 0.4) is 0 Å². The summed E-state index contributed by atoms with van der Waals surface area (Å²) in [5, 5.41) is 0. The maximum Gasteiger partial charge on any atom is 0.147 e. The van der Waals surface area contributed by atoms with Gasteiger partial charge in [-0.1, -0.05) is 6.58 Å². The first kappa shape index (κ1) is 7.91. The molecule has 3 heteroatoms. The van der Waals surface area contributed by atoms with Crippen LogP contribution >= 0.6 is 0 Å². The maximum absolute atomic E-state index is 4.82. The van der Waals surface area contributed by atoms with E-state index in [2.05, 4.69) is 16.4 Å². The average Bonchev–Trinajstić information content (AvgIpc) is 1.91. The zero-order valence-electron chi connectivity index (χ0n) is 5.37. The monoisotopic (exact) mass is 126 g/mol. The van der Waals surface area contributed by atoms with Crippen molar-refractivity contribution >= 4 is 6.21 Å². The average molecular weight is 126 g/mol. The number of nitrogens with zero attached hydrogens (tertiary/aromatic N) is 1. The van der Waals surface area contributed by atoms with Crippen LogP contribution in [0.2, 0.25) is 0 Å². The fourth-order valence-corrected chi connectivity index (χ4v) is 0.303. The molecule has 0 bridgehead atoms. The smallest absolute Gasteiger partial charge is 0.147 e. The van der Waals surface area contributed by atoms with E-state index in [-0.39, 0.29) is 0 Å². The van der Waals surface area contributed by atoms with Crippen molar-refractivity contribution in [1.29, 1.82) is 0 Å². The highest BCUT2D eigenvalue weighted by molar-refractivity contribution is 5.72. The lowest BCUT2D eigenvalue weighted by molar-refractivity contribution is 0.235. The molecule has 9 heavy (non-hydrogen) atoms. The van der Waals surface area contributed by atoms with E-state index < -0.39 is 0 Å². The summed E-state index contributed by atoms with van der Waals surface area (Å²) in [4.78, 5) is 8.04. The van der Waals surface area contributed by atoms with Crippen molar-refractivity contribution in [3.05, 3.63) is 24.5 Å². The summed E-state index contributed by atoms with van der Waals surface area (Å²) in [7, 11) is 1.66. The van der Waals surface area contributed by atoms with E-state index in [4.69, 9.17) is 5.90 Å². The van der Waals surface area contributed by atoms with Crippen LogP contribution < -0.4 is 5.90 Å². The highest BCUT2D eigenvalue weighted by Crippen LogP contribution is 1.90. The first-order valence-electron chi connectivity index (χ1n) is 2.46. The Labute approximate surface area is 54.5 Å². The summed E-state index contributed by atoms with van der Waals surface area (Å²) in [5.74, 6) is 5.32. The van der Waals surface area contributed by atoms with Crippen LogP contribution in [0.25, 0.3) is 0 Å². The van der Waals surface area contributed by atoms with E-state index in [9.17, 15) is 0 Å². The van der Waals surface area contributed by atoms with E-state index in [1.54, 1.807) is 19.3 Å². The molecule has 0 aromatic carbocycles. The van der Waals surface area contributed by atoms with E-state index in [1.165, 1.54) is 6.08 Å². The quantitative estimate of drug-likeness (QED) is 0.261. The SMILES string of the molecule is C=C/C(=C\C=NC)ON.